The van der Waals surface area contributed by atoms with Crippen LogP contribution in [0, 0.1) is 0 Å². The van der Waals surface area contributed by atoms with Gasteiger partial charge in [-0.25, -0.2) is 15.0 Å². The standard InChI is InChI=1S/C18H26N2O4/c1-13(2)23-17(21)19-20(18(22)24-14(3)4)12-15(5)11-16-9-7-6-8-10-16/h6-10,12-14H,11H2,1-5H3,(H,19,21)/b15-12+. The number of benzene rings is 1. The van der Waals surface area contributed by atoms with Crippen molar-refractivity contribution in [3.05, 3.63) is 47.7 Å². The second-order valence-electron chi connectivity index (χ2n) is 6.01. The van der Waals surface area contributed by atoms with E-state index in [9.17, 15) is 9.59 Å². The Kier molecular flexibility index (Phi) is 7.82. The second kappa shape index (κ2) is 9.60. The number of ether oxygens (including phenoxy) is 2. The topological polar surface area (TPSA) is 67.9 Å². The number of carbonyl (C=O) groups is 2. The molecule has 0 aliphatic carbocycles. The molecule has 0 aliphatic rings. The van der Waals surface area contributed by atoms with E-state index in [1.807, 2.05) is 37.3 Å². The fourth-order valence-corrected chi connectivity index (χ4v) is 1.91. The molecular formula is C18H26N2O4. The summed E-state index contributed by atoms with van der Waals surface area (Å²) in [5, 5.41) is 1.02. The van der Waals surface area contributed by atoms with Gasteiger partial charge in [0.2, 0.25) is 0 Å². The van der Waals surface area contributed by atoms with Crippen molar-refractivity contribution in [1.29, 1.82) is 0 Å². The number of allylic oxidation sites excluding steroid dienone is 1. The zero-order chi connectivity index (χ0) is 18.1. The lowest BCUT2D eigenvalue weighted by molar-refractivity contribution is 0.0619. The van der Waals surface area contributed by atoms with Crippen LogP contribution in [0.4, 0.5) is 9.59 Å². The van der Waals surface area contributed by atoms with Gasteiger partial charge in [0.1, 0.15) is 0 Å². The number of rotatable bonds is 5. The Morgan fingerprint density at radius 1 is 1.08 bits per heavy atom. The molecule has 0 fully saturated rings. The lowest BCUT2D eigenvalue weighted by Crippen LogP contribution is -2.44. The third-order valence-electron chi connectivity index (χ3n) is 2.76. The van der Waals surface area contributed by atoms with Crippen molar-refractivity contribution in [1.82, 2.24) is 10.4 Å². The molecule has 0 saturated carbocycles. The van der Waals surface area contributed by atoms with Crippen molar-refractivity contribution in [3.8, 4) is 0 Å². The molecule has 0 heterocycles. The van der Waals surface area contributed by atoms with Gasteiger partial charge >= 0.3 is 12.2 Å². The molecule has 1 rings (SSSR count). The minimum atomic E-state index is -0.713. The zero-order valence-electron chi connectivity index (χ0n) is 14.9. The Balaban J connectivity index is 2.84. The zero-order valence-corrected chi connectivity index (χ0v) is 14.9. The summed E-state index contributed by atoms with van der Waals surface area (Å²) < 4.78 is 10.1. The van der Waals surface area contributed by atoms with Gasteiger partial charge in [0, 0.05) is 6.20 Å². The van der Waals surface area contributed by atoms with Crippen LogP contribution in [0.2, 0.25) is 0 Å². The molecule has 132 valence electrons. The highest BCUT2D eigenvalue weighted by Gasteiger charge is 2.18. The summed E-state index contributed by atoms with van der Waals surface area (Å²) in [7, 11) is 0. The first-order valence-electron chi connectivity index (χ1n) is 7.96. The molecule has 0 radical (unpaired) electrons. The largest absolute Gasteiger partial charge is 0.446 e. The Bertz CT molecular complexity index is 568. The van der Waals surface area contributed by atoms with E-state index in [4.69, 9.17) is 9.47 Å². The van der Waals surface area contributed by atoms with Crippen LogP contribution < -0.4 is 5.43 Å². The molecule has 2 amide bonds. The summed E-state index contributed by atoms with van der Waals surface area (Å²) in [6, 6.07) is 9.83. The van der Waals surface area contributed by atoms with Gasteiger partial charge in [0.05, 0.1) is 12.2 Å². The molecule has 0 unspecified atom stereocenters. The first-order valence-corrected chi connectivity index (χ1v) is 7.96. The highest BCUT2D eigenvalue weighted by Crippen LogP contribution is 2.09. The average molecular weight is 334 g/mol. The third kappa shape index (κ3) is 7.67. The van der Waals surface area contributed by atoms with Crippen molar-refractivity contribution in [2.75, 3.05) is 0 Å². The van der Waals surface area contributed by atoms with Crippen LogP contribution in [-0.4, -0.2) is 29.4 Å². The molecular weight excluding hydrogens is 308 g/mol. The minimum Gasteiger partial charge on any atom is -0.446 e. The summed E-state index contributed by atoms with van der Waals surface area (Å²) in [6.45, 7) is 8.81. The van der Waals surface area contributed by atoms with Crippen LogP contribution in [0.15, 0.2) is 42.1 Å². The van der Waals surface area contributed by atoms with E-state index in [1.165, 1.54) is 0 Å². The van der Waals surface area contributed by atoms with E-state index >= 15 is 0 Å². The summed E-state index contributed by atoms with van der Waals surface area (Å²) in [5.41, 5.74) is 4.38. The van der Waals surface area contributed by atoms with Crippen molar-refractivity contribution in [2.24, 2.45) is 0 Å². The van der Waals surface area contributed by atoms with Gasteiger partial charge in [0.25, 0.3) is 0 Å². The van der Waals surface area contributed by atoms with Gasteiger partial charge in [-0.1, -0.05) is 35.9 Å². The van der Waals surface area contributed by atoms with Gasteiger partial charge in [-0.3, -0.25) is 0 Å². The SMILES string of the molecule is C/C(=C\N(NC(=O)OC(C)C)C(=O)OC(C)C)Cc1ccccc1. The van der Waals surface area contributed by atoms with Crippen LogP contribution in [0.1, 0.15) is 40.2 Å². The number of hydrazine groups is 1. The summed E-state index contributed by atoms with van der Waals surface area (Å²) in [6.07, 6.45) is 0.215. The first-order chi connectivity index (χ1) is 11.3. The van der Waals surface area contributed by atoms with Crippen molar-refractivity contribution in [3.63, 3.8) is 0 Å². The van der Waals surface area contributed by atoms with Crippen LogP contribution in [-0.2, 0) is 15.9 Å². The molecule has 1 aromatic rings. The van der Waals surface area contributed by atoms with Gasteiger partial charge in [-0.2, -0.15) is 5.01 Å². The van der Waals surface area contributed by atoms with Crippen molar-refractivity contribution >= 4 is 12.2 Å². The molecule has 1 aromatic carbocycles. The normalized spacial score (nSPS) is 11.4. The van der Waals surface area contributed by atoms with Gasteiger partial charge < -0.3 is 9.47 Å². The molecule has 0 aromatic heterocycles. The lowest BCUT2D eigenvalue weighted by atomic mass is 10.1. The fourth-order valence-electron chi connectivity index (χ4n) is 1.91. The predicted molar refractivity (Wildman–Crippen MR) is 92.1 cm³/mol. The fraction of sp³-hybridized carbons (Fsp3) is 0.444. The molecule has 0 spiro atoms. The Morgan fingerprint density at radius 2 is 1.67 bits per heavy atom. The quantitative estimate of drug-likeness (QED) is 0.826. The third-order valence-corrected chi connectivity index (χ3v) is 2.76. The van der Waals surface area contributed by atoms with Gasteiger partial charge in [-0.05, 0) is 46.6 Å². The Morgan fingerprint density at radius 3 is 2.21 bits per heavy atom. The Hall–Kier alpha value is -2.50. The van der Waals surface area contributed by atoms with E-state index < -0.39 is 12.2 Å². The van der Waals surface area contributed by atoms with Crippen LogP contribution in [0.3, 0.4) is 0 Å². The van der Waals surface area contributed by atoms with E-state index in [0.717, 1.165) is 16.1 Å². The van der Waals surface area contributed by atoms with Gasteiger partial charge in [0.15, 0.2) is 0 Å². The highest BCUT2D eigenvalue weighted by molar-refractivity contribution is 5.75. The van der Waals surface area contributed by atoms with Gasteiger partial charge in [-0.15, -0.1) is 0 Å². The molecule has 24 heavy (non-hydrogen) atoms. The number of hydrogen-bond donors (Lipinski definition) is 1. The smallest absolute Gasteiger partial charge is 0.433 e. The van der Waals surface area contributed by atoms with Crippen molar-refractivity contribution < 1.29 is 19.1 Å². The highest BCUT2D eigenvalue weighted by atomic mass is 16.6. The maximum absolute atomic E-state index is 12.2. The van der Waals surface area contributed by atoms with E-state index in [1.54, 1.807) is 33.9 Å². The summed E-state index contributed by atoms with van der Waals surface area (Å²) >= 11 is 0. The van der Waals surface area contributed by atoms with Crippen molar-refractivity contribution in [2.45, 2.75) is 53.2 Å². The number of amides is 2. The average Bonchev–Trinajstić information content (AvgIpc) is 2.45. The van der Waals surface area contributed by atoms with E-state index in [-0.39, 0.29) is 12.2 Å². The minimum absolute atomic E-state index is 0.289. The number of nitrogens with one attached hydrogen (secondary N) is 1. The molecule has 0 aliphatic heterocycles. The Labute approximate surface area is 143 Å². The number of nitrogens with zero attached hydrogens (tertiary/aromatic N) is 1. The second-order valence-corrected chi connectivity index (χ2v) is 6.01. The molecule has 1 N–H and O–H groups in total. The summed E-state index contributed by atoms with van der Waals surface area (Å²) in [4.78, 5) is 23.9. The van der Waals surface area contributed by atoms with Crippen LogP contribution >= 0.6 is 0 Å². The number of carbonyl (C=O) groups excluding carboxylic acids is 2. The molecule has 6 heteroatoms. The molecule has 0 atom stereocenters. The predicted octanol–water partition coefficient (Wildman–Crippen LogP) is 4.03. The first kappa shape index (κ1) is 19.5. The maximum atomic E-state index is 12.2. The molecule has 0 bridgehead atoms. The lowest BCUT2D eigenvalue weighted by Gasteiger charge is -2.21. The molecule has 0 saturated heterocycles. The molecule has 6 nitrogen and oxygen atoms in total. The van der Waals surface area contributed by atoms with Crippen LogP contribution in [0.25, 0.3) is 0 Å². The monoisotopic (exact) mass is 334 g/mol. The van der Waals surface area contributed by atoms with E-state index in [2.05, 4.69) is 5.43 Å². The maximum Gasteiger partial charge on any atom is 0.433 e. The summed E-state index contributed by atoms with van der Waals surface area (Å²) in [5.74, 6) is 0. The van der Waals surface area contributed by atoms with E-state index in [0.29, 0.717) is 6.42 Å². The number of hydrogen-bond acceptors (Lipinski definition) is 4. The van der Waals surface area contributed by atoms with Crippen LogP contribution in [0.5, 0.6) is 0 Å².